The number of Topliss-reactive ketones (excluding diaryl/α,β-unsaturated/α-hetero) is 1. The van der Waals surface area contributed by atoms with Gasteiger partial charge in [-0.25, -0.2) is 0 Å². The SMILES string of the molecule is CC1=C[C@]23C(=O)[C@@H](C=C(CO)[C@@H](O)[C@]2(O)[C@H]1OC(=O)C1CCC1)C(C)(C)[C@@H](C)C[C@H]3C. The molecule has 3 N–H and O–H groups in total. The molecule has 0 aromatic heterocycles. The third-order valence-electron chi connectivity index (χ3n) is 9.18. The molecule has 6 heteroatoms. The van der Waals surface area contributed by atoms with Gasteiger partial charge in [0.15, 0.2) is 17.5 Å². The van der Waals surface area contributed by atoms with Crippen molar-refractivity contribution in [3.8, 4) is 0 Å². The number of carbonyl (C=O) groups is 2. The first-order valence-electron chi connectivity index (χ1n) is 11.6. The maximum atomic E-state index is 14.2. The zero-order chi connectivity index (χ0) is 22.9. The highest BCUT2D eigenvalue weighted by Crippen LogP contribution is 2.62. The van der Waals surface area contributed by atoms with Gasteiger partial charge in [0, 0.05) is 5.92 Å². The lowest BCUT2D eigenvalue weighted by Crippen LogP contribution is -2.66. The van der Waals surface area contributed by atoms with E-state index in [1.54, 1.807) is 19.1 Å². The van der Waals surface area contributed by atoms with Crippen molar-refractivity contribution in [1.82, 2.24) is 0 Å². The summed E-state index contributed by atoms with van der Waals surface area (Å²) in [7, 11) is 0. The van der Waals surface area contributed by atoms with Crippen LogP contribution >= 0.6 is 0 Å². The topological polar surface area (TPSA) is 104 Å². The summed E-state index contributed by atoms with van der Waals surface area (Å²) in [4.78, 5) is 27.0. The minimum atomic E-state index is -2.06. The minimum Gasteiger partial charge on any atom is -0.454 e. The largest absolute Gasteiger partial charge is 0.454 e. The van der Waals surface area contributed by atoms with E-state index in [9.17, 15) is 24.9 Å². The van der Waals surface area contributed by atoms with Crippen molar-refractivity contribution < 1.29 is 29.6 Å². The molecule has 0 aromatic rings. The normalized spacial score (nSPS) is 44.4. The van der Waals surface area contributed by atoms with Crippen molar-refractivity contribution in [2.45, 2.75) is 78.1 Å². The van der Waals surface area contributed by atoms with Crippen molar-refractivity contribution in [2.75, 3.05) is 6.61 Å². The summed E-state index contributed by atoms with van der Waals surface area (Å²) < 4.78 is 5.84. The highest BCUT2D eigenvalue weighted by Gasteiger charge is 2.73. The monoisotopic (exact) mass is 432 g/mol. The number of aliphatic hydroxyl groups excluding tert-OH is 2. The van der Waals surface area contributed by atoms with E-state index in [2.05, 4.69) is 6.92 Å². The molecule has 0 radical (unpaired) electrons. The molecule has 172 valence electrons. The highest BCUT2D eigenvalue weighted by molar-refractivity contribution is 5.95. The van der Waals surface area contributed by atoms with Crippen molar-refractivity contribution in [3.63, 3.8) is 0 Å². The van der Waals surface area contributed by atoms with Gasteiger partial charge in [0.25, 0.3) is 0 Å². The van der Waals surface area contributed by atoms with Crippen LogP contribution in [0.2, 0.25) is 0 Å². The van der Waals surface area contributed by atoms with Crippen LogP contribution in [0.3, 0.4) is 0 Å². The van der Waals surface area contributed by atoms with Gasteiger partial charge < -0.3 is 20.1 Å². The fourth-order valence-corrected chi connectivity index (χ4v) is 6.51. The van der Waals surface area contributed by atoms with Crippen LogP contribution in [0.15, 0.2) is 23.3 Å². The Kier molecular flexibility index (Phi) is 5.31. The smallest absolute Gasteiger partial charge is 0.309 e. The van der Waals surface area contributed by atoms with Crippen molar-refractivity contribution in [3.05, 3.63) is 23.3 Å². The van der Waals surface area contributed by atoms with Crippen LogP contribution in [0.1, 0.15) is 60.3 Å². The summed E-state index contributed by atoms with van der Waals surface area (Å²) >= 11 is 0. The van der Waals surface area contributed by atoms with Gasteiger partial charge in [-0.15, -0.1) is 0 Å². The van der Waals surface area contributed by atoms with Gasteiger partial charge in [-0.1, -0.05) is 46.3 Å². The Hall–Kier alpha value is -1.50. The summed E-state index contributed by atoms with van der Waals surface area (Å²) in [6.45, 7) is 9.39. The number of fused-ring (bicyclic) bond motifs is 1. The highest BCUT2D eigenvalue weighted by atomic mass is 16.6. The molecule has 2 saturated carbocycles. The van der Waals surface area contributed by atoms with E-state index in [4.69, 9.17) is 4.74 Å². The van der Waals surface area contributed by atoms with Crippen molar-refractivity contribution >= 4 is 11.8 Å². The molecular formula is C25H36O6. The van der Waals surface area contributed by atoms with Gasteiger partial charge in [-0.2, -0.15) is 0 Å². The maximum absolute atomic E-state index is 14.2. The summed E-state index contributed by atoms with van der Waals surface area (Å²) in [5.41, 5.74) is -3.09. The van der Waals surface area contributed by atoms with Crippen molar-refractivity contribution in [2.24, 2.45) is 34.5 Å². The second-order valence-electron chi connectivity index (χ2n) is 11.0. The van der Waals surface area contributed by atoms with Crippen LogP contribution in [0.25, 0.3) is 0 Å². The molecule has 31 heavy (non-hydrogen) atoms. The predicted molar refractivity (Wildman–Crippen MR) is 115 cm³/mol. The third kappa shape index (κ3) is 2.80. The van der Waals surface area contributed by atoms with E-state index >= 15 is 0 Å². The number of hydrogen-bond donors (Lipinski definition) is 3. The zero-order valence-electron chi connectivity index (χ0n) is 19.2. The number of aliphatic hydroxyl groups is 3. The molecule has 4 aliphatic rings. The first-order chi connectivity index (χ1) is 14.4. The lowest BCUT2D eigenvalue weighted by atomic mass is 9.59. The molecule has 0 saturated heterocycles. The van der Waals surface area contributed by atoms with E-state index < -0.39 is 41.2 Å². The van der Waals surface area contributed by atoms with Gasteiger partial charge in [0.1, 0.15) is 6.10 Å². The second kappa shape index (κ2) is 7.26. The summed E-state index contributed by atoms with van der Waals surface area (Å²) in [6, 6.07) is 0. The molecule has 0 aromatic carbocycles. The van der Waals surface area contributed by atoms with Crippen molar-refractivity contribution in [1.29, 1.82) is 0 Å². The lowest BCUT2D eigenvalue weighted by molar-refractivity contribution is -0.206. The Morgan fingerprint density at radius 2 is 1.87 bits per heavy atom. The van der Waals surface area contributed by atoms with Crippen LogP contribution in [-0.4, -0.2) is 51.5 Å². The number of hydrogen-bond acceptors (Lipinski definition) is 6. The van der Waals surface area contributed by atoms with Crippen LogP contribution in [-0.2, 0) is 14.3 Å². The van der Waals surface area contributed by atoms with Crippen LogP contribution < -0.4 is 0 Å². The number of rotatable bonds is 3. The van der Waals surface area contributed by atoms with E-state index in [1.807, 2.05) is 20.8 Å². The standard InChI is InChI=1S/C25H36O6/c1-13-11-24-15(3)9-14(2)23(4,5)18(20(24)28)10-17(12-26)19(27)25(24,30)21(13)31-22(29)16-7-6-8-16/h10-11,14-16,18-19,21,26-27,30H,6-9,12H2,1-5H3/t14-,15+,18+,19+,21-,24-,25-/m0/s1. The number of esters is 1. The molecule has 0 unspecified atom stereocenters. The molecule has 6 nitrogen and oxygen atoms in total. The Labute approximate surface area is 184 Å². The first-order valence-corrected chi connectivity index (χ1v) is 11.6. The maximum Gasteiger partial charge on any atom is 0.309 e. The van der Waals surface area contributed by atoms with E-state index in [0.29, 0.717) is 12.0 Å². The number of ether oxygens (including phenoxy) is 1. The Morgan fingerprint density at radius 1 is 1.23 bits per heavy atom. The lowest BCUT2D eigenvalue weighted by Gasteiger charge is -2.48. The molecule has 4 rings (SSSR count). The Balaban J connectivity index is 1.91. The first kappa shape index (κ1) is 22.7. The van der Waals surface area contributed by atoms with Gasteiger partial charge in [0.2, 0.25) is 0 Å². The van der Waals surface area contributed by atoms with Gasteiger partial charge in [-0.3, -0.25) is 9.59 Å². The molecule has 7 atom stereocenters. The Morgan fingerprint density at radius 3 is 2.42 bits per heavy atom. The molecular weight excluding hydrogens is 396 g/mol. The van der Waals surface area contributed by atoms with E-state index in [-0.39, 0.29) is 35.1 Å². The molecule has 1 spiro atoms. The summed E-state index contributed by atoms with van der Waals surface area (Å²) in [5, 5.41) is 33.8. The van der Waals surface area contributed by atoms with Crippen LogP contribution in [0, 0.1) is 34.5 Å². The number of ketones is 1. The summed E-state index contributed by atoms with van der Waals surface area (Å²) in [5.74, 6) is -1.45. The molecule has 0 amide bonds. The fourth-order valence-electron chi connectivity index (χ4n) is 6.51. The minimum absolute atomic E-state index is 0.164. The van der Waals surface area contributed by atoms with Gasteiger partial charge >= 0.3 is 5.97 Å². The van der Waals surface area contributed by atoms with Crippen LogP contribution in [0.5, 0.6) is 0 Å². The van der Waals surface area contributed by atoms with Crippen LogP contribution in [0.4, 0.5) is 0 Å². The fraction of sp³-hybridized carbons (Fsp3) is 0.760. The van der Waals surface area contributed by atoms with Gasteiger partial charge in [0.05, 0.1) is 17.9 Å². The quantitative estimate of drug-likeness (QED) is 0.468. The third-order valence-corrected chi connectivity index (χ3v) is 9.18. The second-order valence-corrected chi connectivity index (χ2v) is 11.0. The molecule has 2 fully saturated rings. The predicted octanol–water partition coefficient (Wildman–Crippen LogP) is 2.56. The average molecular weight is 433 g/mol. The average Bonchev–Trinajstić information content (AvgIpc) is 2.82. The molecule has 0 heterocycles. The zero-order valence-corrected chi connectivity index (χ0v) is 19.2. The number of carbonyl (C=O) groups excluding carboxylic acids is 2. The van der Waals surface area contributed by atoms with E-state index in [0.717, 1.165) is 19.3 Å². The molecule has 0 aliphatic heterocycles. The molecule has 2 bridgehead atoms. The Bertz CT molecular complexity index is 852. The number of allylic oxidation sites excluding steroid dienone is 1. The van der Waals surface area contributed by atoms with E-state index in [1.165, 1.54) is 0 Å². The summed E-state index contributed by atoms with van der Waals surface area (Å²) in [6.07, 6.45) is 3.93. The van der Waals surface area contributed by atoms with Gasteiger partial charge in [-0.05, 0) is 54.6 Å². The molecule has 4 aliphatic carbocycles.